The van der Waals surface area contributed by atoms with Gasteiger partial charge < -0.3 is 5.32 Å². The highest BCUT2D eigenvalue weighted by Crippen LogP contribution is 2.26. The van der Waals surface area contributed by atoms with Crippen molar-refractivity contribution in [1.29, 1.82) is 0 Å². The van der Waals surface area contributed by atoms with Crippen LogP contribution >= 0.6 is 0 Å². The van der Waals surface area contributed by atoms with E-state index in [-0.39, 0.29) is 17.5 Å². The number of nitrogens with one attached hydrogen (secondary N) is 1. The van der Waals surface area contributed by atoms with Crippen molar-refractivity contribution >= 4 is 5.91 Å². The van der Waals surface area contributed by atoms with Crippen LogP contribution in [0.25, 0.3) is 0 Å². The number of amides is 1. The third-order valence-electron chi connectivity index (χ3n) is 3.78. The summed E-state index contributed by atoms with van der Waals surface area (Å²) in [6.45, 7) is 2.20. The summed E-state index contributed by atoms with van der Waals surface area (Å²) in [6.07, 6.45) is 8.02. The Hall–Kier alpha value is -1.45. The predicted octanol–water partition coefficient (Wildman–Crippen LogP) is 2.92. The summed E-state index contributed by atoms with van der Waals surface area (Å²) in [6, 6.07) is 1.61. The van der Waals surface area contributed by atoms with Gasteiger partial charge in [0.1, 0.15) is 0 Å². The molecule has 98 valence electrons. The Morgan fingerprint density at radius 1 is 1.44 bits per heavy atom. The average molecular weight is 250 g/mol. The Bertz CT molecular complexity index is 414. The molecule has 18 heavy (non-hydrogen) atoms. The number of carbonyl (C=O) groups excluding carboxylic acids is 1. The van der Waals surface area contributed by atoms with E-state index in [1.165, 1.54) is 18.7 Å². The number of pyridine rings is 1. The van der Waals surface area contributed by atoms with E-state index < -0.39 is 5.82 Å². The molecule has 0 radical (unpaired) electrons. The van der Waals surface area contributed by atoms with Crippen molar-refractivity contribution in [1.82, 2.24) is 10.3 Å². The predicted molar refractivity (Wildman–Crippen MR) is 67.7 cm³/mol. The molecule has 1 aromatic heterocycles. The van der Waals surface area contributed by atoms with E-state index in [0.717, 1.165) is 37.8 Å². The maximum Gasteiger partial charge on any atom is 0.254 e. The zero-order valence-electron chi connectivity index (χ0n) is 10.7. The summed E-state index contributed by atoms with van der Waals surface area (Å²) in [5.41, 5.74) is 0.0858. The summed E-state index contributed by atoms with van der Waals surface area (Å²) in [7, 11) is 0. The zero-order chi connectivity index (χ0) is 13.0. The van der Waals surface area contributed by atoms with E-state index in [1.807, 2.05) is 0 Å². The monoisotopic (exact) mass is 250 g/mol. The van der Waals surface area contributed by atoms with Crippen LogP contribution in [0.15, 0.2) is 18.5 Å². The average Bonchev–Trinajstić information content (AvgIpc) is 2.40. The van der Waals surface area contributed by atoms with Gasteiger partial charge in [-0.25, -0.2) is 4.39 Å². The smallest absolute Gasteiger partial charge is 0.254 e. The van der Waals surface area contributed by atoms with Crippen molar-refractivity contribution in [2.75, 3.05) is 0 Å². The SMILES string of the molecule is CCC1CCC(NC(=O)c2ccncc2F)CC1. The summed E-state index contributed by atoms with van der Waals surface area (Å²) in [5.74, 6) is -0.0945. The lowest BCUT2D eigenvalue weighted by Crippen LogP contribution is -2.37. The molecule has 1 fully saturated rings. The molecule has 1 saturated carbocycles. The number of rotatable bonds is 3. The van der Waals surface area contributed by atoms with E-state index in [4.69, 9.17) is 0 Å². The van der Waals surface area contributed by atoms with Crippen molar-refractivity contribution in [2.24, 2.45) is 5.92 Å². The van der Waals surface area contributed by atoms with Crippen LogP contribution < -0.4 is 5.32 Å². The van der Waals surface area contributed by atoms with E-state index in [0.29, 0.717) is 0 Å². The second-order valence-corrected chi connectivity index (χ2v) is 4.95. The molecule has 3 nitrogen and oxygen atoms in total. The molecule has 0 aliphatic heterocycles. The molecule has 1 aliphatic rings. The second kappa shape index (κ2) is 5.94. The maximum absolute atomic E-state index is 13.4. The van der Waals surface area contributed by atoms with E-state index in [9.17, 15) is 9.18 Å². The van der Waals surface area contributed by atoms with Crippen LogP contribution in [-0.4, -0.2) is 16.9 Å². The first-order valence-electron chi connectivity index (χ1n) is 6.61. The molecule has 1 aliphatic carbocycles. The van der Waals surface area contributed by atoms with Crippen molar-refractivity contribution < 1.29 is 9.18 Å². The van der Waals surface area contributed by atoms with Crippen molar-refractivity contribution in [2.45, 2.75) is 45.1 Å². The topological polar surface area (TPSA) is 42.0 Å². The third-order valence-corrected chi connectivity index (χ3v) is 3.78. The van der Waals surface area contributed by atoms with Crippen molar-refractivity contribution in [3.63, 3.8) is 0 Å². The highest BCUT2D eigenvalue weighted by Gasteiger charge is 2.22. The normalized spacial score (nSPS) is 23.7. The second-order valence-electron chi connectivity index (χ2n) is 4.95. The Morgan fingerprint density at radius 3 is 2.78 bits per heavy atom. The lowest BCUT2D eigenvalue weighted by atomic mass is 9.84. The van der Waals surface area contributed by atoms with Gasteiger partial charge in [0.05, 0.1) is 11.8 Å². The Morgan fingerprint density at radius 2 is 2.17 bits per heavy atom. The lowest BCUT2D eigenvalue weighted by molar-refractivity contribution is 0.0917. The Balaban J connectivity index is 1.91. The fourth-order valence-electron chi connectivity index (χ4n) is 2.54. The fraction of sp³-hybridized carbons (Fsp3) is 0.571. The number of nitrogens with zero attached hydrogens (tertiary/aromatic N) is 1. The molecule has 0 atom stereocenters. The molecule has 2 rings (SSSR count). The van der Waals surface area contributed by atoms with Gasteiger partial charge in [0.25, 0.3) is 5.91 Å². The minimum atomic E-state index is -0.558. The highest BCUT2D eigenvalue weighted by atomic mass is 19.1. The molecule has 1 heterocycles. The third kappa shape index (κ3) is 3.06. The van der Waals surface area contributed by atoms with Crippen LogP contribution in [0, 0.1) is 11.7 Å². The molecule has 0 saturated heterocycles. The van der Waals surface area contributed by atoms with Crippen LogP contribution in [0.1, 0.15) is 49.4 Å². The molecular weight excluding hydrogens is 231 g/mol. The van der Waals surface area contributed by atoms with Gasteiger partial charge in [-0.2, -0.15) is 0 Å². The van der Waals surface area contributed by atoms with Gasteiger partial charge in [0, 0.05) is 12.2 Å². The highest BCUT2D eigenvalue weighted by molar-refractivity contribution is 5.94. The van der Waals surface area contributed by atoms with Gasteiger partial charge >= 0.3 is 0 Å². The van der Waals surface area contributed by atoms with E-state index in [2.05, 4.69) is 17.2 Å². The van der Waals surface area contributed by atoms with Gasteiger partial charge in [-0.05, 0) is 37.7 Å². The number of hydrogen-bond donors (Lipinski definition) is 1. The molecule has 1 N–H and O–H groups in total. The van der Waals surface area contributed by atoms with Gasteiger partial charge in [-0.3, -0.25) is 9.78 Å². The molecule has 0 aromatic carbocycles. The number of hydrogen-bond acceptors (Lipinski definition) is 2. The zero-order valence-corrected chi connectivity index (χ0v) is 10.7. The summed E-state index contributed by atoms with van der Waals surface area (Å²) in [4.78, 5) is 15.5. The number of aromatic nitrogens is 1. The summed E-state index contributed by atoms with van der Waals surface area (Å²) < 4.78 is 13.4. The lowest BCUT2D eigenvalue weighted by Gasteiger charge is -2.28. The van der Waals surface area contributed by atoms with Gasteiger partial charge in [0.2, 0.25) is 0 Å². The standard InChI is InChI=1S/C14H19FN2O/c1-2-10-3-5-11(6-4-10)17-14(18)12-7-8-16-9-13(12)15/h7-11H,2-6H2,1H3,(H,17,18). The maximum atomic E-state index is 13.4. The van der Waals surface area contributed by atoms with Crippen molar-refractivity contribution in [3.05, 3.63) is 29.8 Å². The fourth-order valence-corrected chi connectivity index (χ4v) is 2.54. The van der Waals surface area contributed by atoms with Crippen LogP contribution in [-0.2, 0) is 0 Å². The molecule has 0 unspecified atom stereocenters. The van der Waals surface area contributed by atoms with Crippen LogP contribution in [0.4, 0.5) is 4.39 Å². The van der Waals surface area contributed by atoms with Crippen LogP contribution in [0.3, 0.4) is 0 Å². The van der Waals surface area contributed by atoms with Gasteiger partial charge in [0.15, 0.2) is 5.82 Å². The molecule has 0 bridgehead atoms. The van der Waals surface area contributed by atoms with Gasteiger partial charge in [-0.1, -0.05) is 13.3 Å². The molecular formula is C14H19FN2O. The molecule has 4 heteroatoms. The molecule has 1 amide bonds. The summed E-state index contributed by atoms with van der Waals surface area (Å²) in [5, 5.41) is 2.91. The van der Waals surface area contributed by atoms with Gasteiger partial charge in [-0.15, -0.1) is 0 Å². The first-order valence-corrected chi connectivity index (χ1v) is 6.61. The van der Waals surface area contributed by atoms with Crippen LogP contribution in [0.5, 0.6) is 0 Å². The van der Waals surface area contributed by atoms with E-state index in [1.54, 1.807) is 0 Å². The minimum Gasteiger partial charge on any atom is -0.349 e. The van der Waals surface area contributed by atoms with Crippen molar-refractivity contribution in [3.8, 4) is 0 Å². The van der Waals surface area contributed by atoms with E-state index >= 15 is 0 Å². The summed E-state index contributed by atoms with van der Waals surface area (Å²) >= 11 is 0. The quantitative estimate of drug-likeness (QED) is 0.896. The minimum absolute atomic E-state index is 0.0858. The Labute approximate surface area is 107 Å². The van der Waals surface area contributed by atoms with Crippen LogP contribution in [0.2, 0.25) is 0 Å². The first kappa shape index (κ1) is 13.0. The molecule has 0 spiro atoms. The largest absolute Gasteiger partial charge is 0.349 e. The molecule has 1 aromatic rings. The number of halogens is 1. The Kier molecular flexibility index (Phi) is 4.28. The first-order chi connectivity index (χ1) is 8.70. The number of carbonyl (C=O) groups is 1.